The summed E-state index contributed by atoms with van der Waals surface area (Å²) in [5, 5.41) is 7.99. The van der Waals surface area contributed by atoms with Crippen LogP contribution in [0.25, 0.3) is 11.0 Å². The van der Waals surface area contributed by atoms with Crippen molar-refractivity contribution in [2.75, 3.05) is 31.8 Å². The summed E-state index contributed by atoms with van der Waals surface area (Å²) in [5.74, 6) is 2.97. The molecule has 0 amide bonds. The lowest BCUT2D eigenvalue weighted by Gasteiger charge is -2.12. The number of rotatable bonds is 8. The predicted octanol–water partition coefficient (Wildman–Crippen LogP) is 2.93. The molecule has 2 aromatic heterocycles. The zero-order valence-electron chi connectivity index (χ0n) is 16.2. The van der Waals surface area contributed by atoms with Crippen molar-refractivity contribution in [3.63, 3.8) is 0 Å². The molecule has 3 rings (SSSR count). The fraction of sp³-hybridized carbons (Fsp3) is 0.421. The number of hydrogen-bond donors (Lipinski definition) is 2. The van der Waals surface area contributed by atoms with Crippen molar-refractivity contribution in [3.05, 3.63) is 30.0 Å². The number of nitrogens with one attached hydrogen (secondary N) is 1. The van der Waals surface area contributed by atoms with E-state index in [-0.39, 0.29) is 5.95 Å². The number of hydrogen-bond acceptors (Lipinski definition) is 7. The van der Waals surface area contributed by atoms with Gasteiger partial charge in [0.15, 0.2) is 11.3 Å². The summed E-state index contributed by atoms with van der Waals surface area (Å²) in [5.41, 5.74) is 8.17. The first-order valence-corrected chi connectivity index (χ1v) is 8.96. The topological polar surface area (TPSA) is 100 Å². The highest BCUT2D eigenvalue weighted by Crippen LogP contribution is 2.29. The molecule has 144 valence electrons. The smallest absolute Gasteiger partial charge is 0.222 e. The van der Waals surface area contributed by atoms with Crippen LogP contribution in [0.15, 0.2) is 24.4 Å². The van der Waals surface area contributed by atoms with Crippen molar-refractivity contribution in [3.8, 4) is 11.5 Å². The van der Waals surface area contributed by atoms with Crippen molar-refractivity contribution < 1.29 is 9.47 Å². The molecule has 0 spiro atoms. The zero-order chi connectivity index (χ0) is 19.4. The normalized spacial score (nSPS) is 11.1. The van der Waals surface area contributed by atoms with Crippen molar-refractivity contribution in [2.45, 2.75) is 26.8 Å². The second-order valence-electron chi connectivity index (χ2n) is 6.74. The fourth-order valence-corrected chi connectivity index (χ4v) is 2.91. The molecule has 0 radical (unpaired) electrons. The van der Waals surface area contributed by atoms with E-state index in [1.54, 1.807) is 18.9 Å². The Morgan fingerprint density at radius 2 is 1.85 bits per heavy atom. The van der Waals surface area contributed by atoms with Gasteiger partial charge in [-0.25, -0.2) is 4.98 Å². The van der Waals surface area contributed by atoms with Gasteiger partial charge in [-0.3, -0.25) is 4.68 Å². The molecule has 0 unspecified atom stereocenters. The molecule has 0 atom stereocenters. The van der Waals surface area contributed by atoms with Crippen LogP contribution in [-0.2, 0) is 6.54 Å². The van der Waals surface area contributed by atoms with Crippen LogP contribution in [-0.4, -0.2) is 40.5 Å². The number of ether oxygens (including phenoxy) is 2. The molecule has 0 fully saturated rings. The molecule has 3 aromatic rings. The Bertz CT molecular complexity index is 900. The monoisotopic (exact) mass is 370 g/mol. The molecule has 0 saturated heterocycles. The number of nitrogens with two attached hydrogens (primary N) is 1. The number of nitrogen functional groups attached to an aromatic ring is 1. The van der Waals surface area contributed by atoms with Gasteiger partial charge in [0, 0.05) is 6.54 Å². The maximum absolute atomic E-state index is 5.87. The number of fused-ring (bicyclic) bond motifs is 1. The fourth-order valence-electron chi connectivity index (χ4n) is 2.91. The second-order valence-corrected chi connectivity index (χ2v) is 6.74. The maximum Gasteiger partial charge on any atom is 0.222 e. The molecule has 27 heavy (non-hydrogen) atoms. The Kier molecular flexibility index (Phi) is 5.63. The Morgan fingerprint density at radius 3 is 2.48 bits per heavy atom. The molecule has 0 saturated carbocycles. The standard InChI is InChI=1S/C19H26N6O2/c1-12(2)8-9-21-18-17-14(22-19(20)23-18)11-25(24-17)10-13-15(26-3)6-5-7-16(13)27-4/h5-7,11-12H,8-10H2,1-4H3,(H3,20,21,22,23). The van der Waals surface area contributed by atoms with Gasteiger partial charge in [0.25, 0.3) is 0 Å². The van der Waals surface area contributed by atoms with Crippen molar-refractivity contribution in [2.24, 2.45) is 5.92 Å². The summed E-state index contributed by atoms with van der Waals surface area (Å²) < 4.78 is 12.7. The van der Waals surface area contributed by atoms with E-state index in [1.807, 2.05) is 24.4 Å². The Labute approximate surface area is 158 Å². The average Bonchev–Trinajstić information content (AvgIpc) is 3.03. The Morgan fingerprint density at radius 1 is 1.15 bits per heavy atom. The first kappa shape index (κ1) is 18.8. The Balaban J connectivity index is 1.93. The largest absolute Gasteiger partial charge is 0.496 e. The van der Waals surface area contributed by atoms with E-state index in [0.29, 0.717) is 29.3 Å². The Hall–Kier alpha value is -3.03. The van der Waals surface area contributed by atoms with Crippen LogP contribution in [0, 0.1) is 5.92 Å². The molecule has 0 bridgehead atoms. The number of aromatic nitrogens is 4. The van der Waals surface area contributed by atoms with Gasteiger partial charge in [0.05, 0.1) is 32.5 Å². The minimum Gasteiger partial charge on any atom is -0.496 e. The molecule has 0 aliphatic rings. The van der Waals surface area contributed by atoms with E-state index in [9.17, 15) is 0 Å². The lowest BCUT2D eigenvalue weighted by atomic mass is 10.1. The molecule has 8 nitrogen and oxygen atoms in total. The summed E-state index contributed by atoms with van der Waals surface area (Å²) in [7, 11) is 3.28. The summed E-state index contributed by atoms with van der Waals surface area (Å²) in [6.07, 6.45) is 2.89. The minimum absolute atomic E-state index is 0.226. The lowest BCUT2D eigenvalue weighted by molar-refractivity contribution is 0.382. The number of anilines is 2. The van der Waals surface area contributed by atoms with Gasteiger partial charge in [0.2, 0.25) is 5.95 Å². The third kappa shape index (κ3) is 4.21. The van der Waals surface area contributed by atoms with E-state index in [4.69, 9.17) is 15.2 Å². The van der Waals surface area contributed by atoms with Crippen LogP contribution >= 0.6 is 0 Å². The minimum atomic E-state index is 0.226. The number of methoxy groups -OCH3 is 2. The summed E-state index contributed by atoms with van der Waals surface area (Å²) in [4.78, 5) is 8.62. The SMILES string of the molecule is COc1cccc(OC)c1Cn1cc2nc(N)nc(NCCC(C)C)c2n1. The molecule has 0 aliphatic carbocycles. The van der Waals surface area contributed by atoms with E-state index >= 15 is 0 Å². The van der Waals surface area contributed by atoms with Gasteiger partial charge in [-0.2, -0.15) is 10.1 Å². The maximum atomic E-state index is 5.87. The van der Waals surface area contributed by atoms with Crippen LogP contribution in [0.5, 0.6) is 11.5 Å². The lowest BCUT2D eigenvalue weighted by Crippen LogP contribution is -2.09. The number of nitrogens with zero attached hydrogens (tertiary/aromatic N) is 4. The van der Waals surface area contributed by atoms with Crippen molar-refractivity contribution in [1.82, 2.24) is 19.7 Å². The van der Waals surface area contributed by atoms with Crippen molar-refractivity contribution in [1.29, 1.82) is 0 Å². The molecule has 3 N–H and O–H groups in total. The average molecular weight is 370 g/mol. The van der Waals surface area contributed by atoms with Crippen molar-refractivity contribution >= 4 is 22.8 Å². The second kappa shape index (κ2) is 8.11. The molecular formula is C19H26N6O2. The highest BCUT2D eigenvalue weighted by molar-refractivity contribution is 5.85. The van der Waals surface area contributed by atoms with Gasteiger partial charge >= 0.3 is 0 Å². The third-order valence-corrected chi connectivity index (χ3v) is 4.29. The van der Waals surface area contributed by atoms with Crippen LogP contribution in [0.3, 0.4) is 0 Å². The highest BCUT2D eigenvalue weighted by Gasteiger charge is 2.15. The van der Waals surface area contributed by atoms with E-state index in [2.05, 4.69) is 34.2 Å². The summed E-state index contributed by atoms with van der Waals surface area (Å²) in [6.45, 7) is 5.65. The first-order chi connectivity index (χ1) is 13.0. The van der Waals surface area contributed by atoms with Gasteiger partial charge < -0.3 is 20.5 Å². The molecule has 8 heteroatoms. The van der Waals surface area contributed by atoms with Crippen LogP contribution in [0.1, 0.15) is 25.8 Å². The molecule has 1 aromatic carbocycles. The molecular weight excluding hydrogens is 344 g/mol. The van der Waals surface area contributed by atoms with Crippen LogP contribution < -0.4 is 20.5 Å². The number of benzene rings is 1. The van der Waals surface area contributed by atoms with Gasteiger partial charge in [-0.15, -0.1) is 0 Å². The summed E-state index contributed by atoms with van der Waals surface area (Å²) >= 11 is 0. The van der Waals surface area contributed by atoms with Gasteiger partial charge in [0.1, 0.15) is 17.0 Å². The van der Waals surface area contributed by atoms with E-state index < -0.39 is 0 Å². The predicted molar refractivity (Wildman–Crippen MR) is 106 cm³/mol. The van der Waals surface area contributed by atoms with Crippen LogP contribution in [0.2, 0.25) is 0 Å². The zero-order valence-corrected chi connectivity index (χ0v) is 16.2. The van der Waals surface area contributed by atoms with Gasteiger partial charge in [-0.1, -0.05) is 19.9 Å². The quantitative estimate of drug-likeness (QED) is 0.629. The summed E-state index contributed by atoms with van der Waals surface area (Å²) in [6, 6.07) is 5.69. The highest BCUT2D eigenvalue weighted by atomic mass is 16.5. The van der Waals surface area contributed by atoms with Gasteiger partial charge in [-0.05, 0) is 24.5 Å². The van der Waals surface area contributed by atoms with E-state index in [1.165, 1.54) is 0 Å². The first-order valence-electron chi connectivity index (χ1n) is 8.96. The van der Waals surface area contributed by atoms with E-state index in [0.717, 1.165) is 30.0 Å². The van der Waals surface area contributed by atoms with Crippen LogP contribution in [0.4, 0.5) is 11.8 Å². The molecule has 2 heterocycles. The third-order valence-electron chi connectivity index (χ3n) is 4.29. The molecule has 0 aliphatic heterocycles.